The number of hydrogen-bond acceptors (Lipinski definition) is 12. The third-order valence-corrected chi connectivity index (χ3v) is 10.8. The van der Waals surface area contributed by atoms with Crippen LogP contribution in [-0.4, -0.2) is 72.3 Å². The van der Waals surface area contributed by atoms with E-state index in [9.17, 15) is 28.8 Å². The molecule has 16 nitrogen and oxygen atoms in total. The Balaban J connectivity index is 1.33. The van der Waals surface area contributed by atoms with Crippen molar-refractivity contribution in [1.82, 2.24) is 0 Å². The minimum atomic E-state index is -1.69. The summed E-state index contributed by atoms with van der Waals surface area (Å²) in [5.41, 5.74) is 3.33. The maximum atomic E-state index is 13.8. The van der Waals surface area contributed by atoms with Crippen molar-refractivity contribution >= 4 is 116 Å². The van der Waals surface area contributed by atoms with Crippen LogP contribution in [0.4, 0.5) is 34.1 Å². The van der Waals surface area contributed by atoms with Gasteiger partial charge in [-0.3, -0.25) is 28.8 Å². The molecule has 0 heterocycles. The quantitative estimate of drug-likeness (QED) is 0.0296. The largest absolute Gasteiger partial charge is 0.491 e. The number of benzene rings is 5. The van der Waals surface area contributed by atoms with Crippen LogP contribution in [-0.2, 0) is 32.0 Å². The van der Waals surface area contributed by atoms with Crippen LogP contribution in [0.3, 0.4) is 0 Å². The van der Waals surface area contributed by atoms with E-state index >= 15 is 0 Å². The van der Waals surface area contributed by atoms with Gasteiger partial charge >= 0.3 is 0 Å². The number of rotatable bonds is 22. The Morgan fingerprint density at radius 1 is 0.544 bits per heavy atom. The Hall–Kier alpha value is -6.72. The van der Waals surface area contributed by atoms with E-state index in [2.05, 4.69) is 41.7 Å². The summed E-state index contributed by atoms with van der Waals surface area (Å²) < 4.78 is 11.7. The Bertz CT molecular complexity index is 2690. The van der Waals surface area contributed by atoms with Gasteiger partial charge in [-0.25, -0.2) is 0 Å². The van der Waals surface area contributed by atoms with Gasteiger partial charge in [-0.1, -0.05) is 59.6 Å². The third kappa shape index (κ3) is 14.2. The first-order chi connectivity index (χ1) is 32.7. The Morgan fingerprint density at radius 3 is 1.31 bits per heavy atom. The van der Waals surface area contributed by atoms with Crippen LogP contribution in [0.1, 0.15) is 59.5 Å². The minimum Gasteiger partial charge on any atom is -0.491 e. The summed E-state index contributed by atoms with van der Waals surface area (Å²) >= 11 is 24.8. The number of Topliss-reactive ketones (excluding diaryl/α,β-unsaturated/α-hetero) is 2. The van der Waals surface area contributed by atoms with E-state index in [1.165, 1.54) is 48.5 Å². The van der Waals surface area contributed by atoms with Crippen molar-refractivity contribution in [2.75, 3.05) is 46.2 Å². The summed E-state index contributed by atoms with van der Waals surface area (Å²) in [4.78, 5) is 79.3. The summed E-state index contributed by atoms with van der Waals surface area (Å²) in [6.07, 6.45) is 1.35. The number of ether oxygens (including phenoxy) is 2. The second-order valence-electron chi connectivity index (χ2n) is 14.6. The number of alkyl halides is 2. The van der Waals surface area contributed by atoms with Crippen LogP contribution in [0.15, 0.2) is 118 Å². The van der Waals surface area contributed by atoms with Gasteiger partial charge in [-0.15, -0.1) is 23.2 Å². The van der Waals surface area contributed by atoms with Crippen molar-refractivity contribution in [2.45, 2.75) is 52.6 Å². The van der Waals surface area contributed by atoms with Crippen LogP contribution < -0.4 is 30.7 Å². The highest BCUT2D eigenvalue weighted by atomic mass is 35.5. The smallest absolute Gasteiger partial charge is 0.259 e. The monoisotopic (exact) mass is 1000 g/mol. The van der Waals surface area contributed by atoms with Crippen molar-refractivity contribution in [3.63, 3.8) is 0 Å². The number of carbonyl (C=O) groups is 6. The third-order valence-electron chi connectivity index (χ3n) is 9.65. The molecule has 5 aromatic carbocycles. The molecule has 4 N–H and O–H groups in total. The average Bonchev–Trinajstić information content (AvgIpc) is 3.30. The Labute approximate surface area is 412 Å². The molecule has 0 saturated carbocycles. The molecule has 0 aliphatic heterocycles. The minimum absolute atomic E-state index is 0.00440. The lowest BCUT2D eigenvalue weighted by atomic mass is 10.1. The van der Waals surface area contributed by atoms with Crippen LogP contribution in [0.2, 0.25) is 10.0 Å². The van der Waals surface area contributed by atoms with Gasteiger partial charge < -0.3 is 30.7 Å². The van der Waals surface area contributed by atoms with Crippen molar-refractivity contribution < 1.29 is 38.2 Å². The summed E-state index contributed by atoms with van der Waals surface area (Å²) in [5, 5.41) is 26.8. The number of azo groups is 2. The van der Waals surface area contributed by atoms with Crippen LogP contribution in [0.25, 0.3) is 0 Å². The molecule has 20 heteroatoms. The highest BCUT2D eigenvalue weighted by Gasteiger charge is 2.29. The normalized spacial score (nSPS) is 12.0. The van der Waals surface area contributed by atoms with Gasteiger partial charge in [0.25, 0.3) is 23.6 Å². The molecule has 0 aliphatic rings. The molecule has 5 rings (SSSR count). The molecule has 2 unspecified atom stereocenters. The molecular weight excluding hydrogens is 958 g/mol. The summed E-state index contributed by atoms with van der Waals surface area (Å²) in [6, 6.07) is 22.6. The van der Waals surface area contributed by atoms with Crippen molar-refractivity contribution in [2.24, 2.45) is 20.5 Å². The average molecular weight is 1000 g/mol. The molecule has 354 valence electrons. The van der Waals surface area contributed by atoms with Gasteiger partial charge in [-0.2, -0.15) is 20.5 Å². The van der Waals surface area contributed by atoms with Crippen molar-refractivity contribution in [1.29, 1.82) is 0 Å². The molecule has 0 fully saturated rings. The van der Waals surface area contributed by atoms with E-state index in [0.717, 1.165) is 25.0 Å². The van der Waals surface area contributed by atoms with E-state index in [0.29, 0.717) is 36.0 Å². The standard InChI is InChI=1S/C48H46Cl4N8O8/c1-5-67-38-25-33(55-47(65)42(27(3)61)59-57-36-11-7-9-34(40(36)51)45(63)53-31-17-13-29(14-18-31)21-23-49)26-39(68-6-2)44(38)56-48(66)43(28(4)62)60-58-37-12-8-10-35(41(37)52)46(64)54-32-19-15-30(16-20-32)22-24-50/h7-20,25-26,42-43H,5-6,21-24H2,1-4H3,(H,53,63)(H,54,64)(H,55,65)(H,56,66). The SMILES string of the molecule is CCOc1cc(NC(=O)C(N=Nc2cccc(C(=O)Nc3ccc(CCCl)cc3)c2Cl)C(C)=O)cc(OCC)c1NC(=O)C(N=Nc1cccc(C(=O)Nc2ccc(CCCl)cc2)c1Cl)C(C)=O. The first kappa shape index (κ1) is 52.3. The summed E-state index contributed by atoms with van der Waals surface area (Å²) in [7, 11) is 0. The molecule has 4 amide bonds. The maximum Gasteiger partial charge on any atom is 0.259 e. The molecule has 5 aromatic rings. The zero-order valence-corrected chi connectivity index (χ0v) is 40.2. The number of halogens is 4. The van der Waals surface area contributed by atoms with Crippen molar-refractivity contribution in [3.05, 3.63) is 129 Å². The number of carbonyl (C=O) groups excluding carboxylic acids is 6. The number of hydrogen-bond donors (Lipinski definition) is 4. The first-order valence-electron chi connectivity index (χ1n) is 21.0. The Morgan fingerprint density at radius 2 is 0.941 bits per heavy atom. The highest BCUT2D eigenvalue weighted by Crippen LogP contribution is 2.39. The van der Waals surface area contributed by atoms with Crippen molar-refractivity contribution in [3.8, 4) is 11.5 Å². The number of amides is 4. The first-order valence-corrected chi connectivity index (χ1v) is 22.9. The topological polar surface area (TPSA) is 218 Å². The molecule has 0 aliphatic carbocycles. The maximum absolute atomic E-state index is 13.8. The zero-order chi connectivity index (χ0) is 49.3. The lowest BCUT2D eigenvalue weighted by Crippen LogP contribution is -2.32. The molecule has 0 saturated heterocycles. The fourth-order valence-electron chi connectivity index (χ4n) is 6.27. The van der Waals surface area contributed by atoms with Gasteiger partial charge in [-0.05, 0) is 100 Å². The van der Waals surface area contributed by atoms with Gasteiger partial charge in [0.1, 0.15) is 28.6 Å². The predicted octanol–water partition coefficient (Wildman–Crippen LogP) is 11.2. The van der Waals surface area contributed by atoms with E-state index in [-0.39, 0.29) is 68.6 Å². The zero-order valence-electron chi connectivity index (χ0n) is 37.2. The van der Waals surface area contributed by atoms with Crippen LogP contribution in [0.5, 0.6) is 11.5 Å². The molecule has 2 atom stereocenters. The number of ketones is 2. The number of aryl methyl sites for hydroxylation is 2. The fourth-order valence-corrected chi connectivity index (χ4v) is 7.21. The number of nitrogens with zero attached hydrogens (tertiary/aromatic N) is 4. The van der Waals surface area contributed by atoms with Crippen LogP contribution in [0, 0.1) is 0 Å². The van der Waals surface area contributed by atoms with Gasteiger partial charge in [0.2, 0.25) is 12.1 Å². The van der Waals surface area contributed by atoms with E-state index in [1.807, 2.05) is 24.3 Å². The van der Waals surface area contributed by atoms with Gasteiger partial charge in [0.15, 0.2) is 11.6 Å². The molecular formula is C48H46Cl4N8O8. The number of nitrogens with one attached hydrogen (secondary N) is 4. The van der Waals surface area contributed by atoms with Crippen LogP contribution >= 0.6 is 46.4 Å². The highest BCUT2D eigenvalue weighted by molar-refractivity contribution is 6.37. The van der Waals surface area contributed by atoms with E-state index < -0.39 is 47.3 Å². The molecule has 0 aromatic heterocycles. The number of anilines is 4. The van der Waals surface area contributed by atoms with E-state index in [1.54, 1.807) is 38.1 Å². The second kappa shape index (κ2) is 25.4. The molecule has 0 radical (unpaired) electrons. The summed E-state index contributed by atoms with van der Waals surface area (Å²) in [6.45, 7) is 5.83. The fraction of sp³-hybridized carbons (Fsp3) is 0.250. The molecule has 0 bridgehead atoms. The molecule has 0 spiro atoms. The lowest BCUT2D eigenvalue weighted by Gasteiger charge is -2.19. The molecule has 68 heavy (non-hydrogen) atoms. The summed E-state index contributed by atoms with van der Waals surface area (Å²) in [5.74, 6) is -3.25. The predicted molar refractivity (Wildman–Crippen MR) is 265 cm³/mol. The van der Waals surface area contributed by atoms with Gasteiger partial charge in [0.05, 0.1) is 34.4 Å². The van der Waals surface area contributed by atoms with Gasteiger partial charge in [0, 0.05) is 41.0 Å². The lowest BCUT2D eigenvalue weighted by molar-refractivity contribution is -0.127. The van der Waals surface area contributed by atoms with E-state index in [4.69, 9.17) is 55.9 Å². The Kier molecular flexibility index (Phi) is 19.5. The second-order valence-corrected chi connectivity index (χ2v) is 16.1.